The SMILES string of the molecule is COC(=O)c1cn(CCc2ccccn2)cc(C(=O)NCc2ccc(C)cc2)c1=O. The molecule has 1 amide bonds. The zero-order valence-electron chi connectivity index (χ0n) is 16.9. The van der Waals surface area contributed by atoms with E-state index in [1.807, 2.05) is 49.4 Å². The Morgan fingerprint density at radius 3 is 2.47 bits per heavy atom. The maximum absolute atomic E-state index is 12.7. The molecule has 0 aliphatic rings. The monoisotopic (exact) mass is 405 g/mol. The number of carbonyl (C=O) groups is 2. The van der Waals surface area contributed by atoms with Gasteiger partial charge in [-0.3, -0.25) is 14.6 Å². The van der Waals surface area contributed by atoms with Gasteiger partial charge in [0.05, 0.1) is 7.11 Å². The molecule has 0 bridgehead atoms. The van der Waals surface area contributed by atoms with Gasteiger partial charge in [-0.25, -0.2) is 4.79 Å². The van der Waals surface area contributed by atoms with Crippen LogP contribution in [0.15, 0.2) is 65.8 Å². The molecule has 2 aromatic heterocycles. The minimum Gasteiger partial charge on any atom is -0.465 e. The fraction of sp³-hybridized carbons (Fsp3) is 0.217. The summed E-state index contributed by atoms with van der Waals surface area (Å²) in [5, 5.41) is 2.74. The molecule has 3 aromatic rings. The summed E-state index contributed by atoms with van der Waals surface area (Å²) in [6, 6.07) is 13.3. The van der Waals surface area contributed by atoms with Crippen LogP contribution in [0.2, 0.25) is 0 Å². The molecule has 0 spiro atoms. The molecule has 0 aliphatic carbocycles. The standard InChI is InChI=1S/C23H23N3O4/c1-16-6-8-17(9-7-16)13-25-22(28)19-14-26(12-10-18-5-3-4-11-24-18)15-20(21(19)27)23(29)30-2/h3-9,11,14-15H,10,12-13H2,1-2H3,(H,25,28). The third kappa shape index (κ3) is 5.20. The average molecular weight is 405 g/mol. The van der Waals surface area contributed by atoms with E-state index >= 15 is 0 Å². The largest absolute Gasteiger partial charge is 0.465 e. The van der Waals surface area contributed by atoms with Gasteiger partial charge in [-0.05, 0) is 24.6 Å². The summed E-state index contributed by atoms with van der Waals surface area (Å²) < 4.78 is 6.36. The molecular weight excluding hydrogens is 382 g/mol. The van der Waals surface area contributed by atoms with Crippen LogP contribution in [0.1, 0.15) is 37.5 Å². The molecule has 30 heavy (non-hydrogen) atoms. The van der Waals surface area contributed by atoms with Gasteiger partial charge in [0, 0.05) is 43.8 Å². The third-order valence-corrected chi connectivity index (χ3v) is 4.65. The molecule has 0 saturated heterocycles. The number of aryl methyl sites for hydroxylation is 3. The second kappa shape index (κ2) is 9.65. The zero-order chi connectivity index (χ0) is 21.5. The van der Waals surface area contributed by atoms with Crippen molar-refractivity contribution in [3.8, 4) is 0 Å². The Bertz CT molecular complexity index is 1090. The highest BCUT2D eigenvalue weighted by molar-refractivity contribution is 5.97. The molecule has 0 atom stereocenters. The van der Waals surface area contributed by atoms with Gasteiger partial charge in [0.15, 0.2) is 0 Å². The van der Waals surface area contributed by atoms with E-state index in [0.29, 0.717) is 13.0 Å². The van der Waals surface area contributed by atoms with E-state index in [2.05, 4.69) is 10.3 Å². The lowest BCUT2D eigenvalue weighted by Crippen LogP contribution is -2.32. The van der Waals surface area contributed by atoms with E-state index in [1.165, 1.54) is 19.5 Å². The van der Waals surface area contributed by atoms with Gasteiger partial charge in [-0.2, -0.15) is 0 Å². The highest BCUT2D eigenvalue weighted by atomic mass is 16.5. The van der Waals surface area contributed by atoms with Gasteiger partial charge in [-0.15, -0.1) is 0 Å². The van der Waals surface area contributed by atoms with E-state index in [0.717, 1.165) is 16.8 Å². The first-order valence-electron chi connectivity index (χ1n) is 9.54. The molecule has 1 aromatic carbocycles. The lowest BCUT2D eigenvalue weighted by atomic mass is 10.1. The maximum atomic E-state index is 12.7. The first-order chi connectivity index (χ1) is 14.5. The molecule has 0 aliphatic heterocycles. The van der Waals surface area contributed by atoms with Gasteiger partial charge < -0.3 is 14.6 Å². The van der Waals surface area contributed by atoms with E-state index in [4.69, 9.17) is 4.74 Å². The highest BCUT2D eigenvalue weighted by Gasteiger charge is 2.19. The molecule has 0 unspecified atom stereocenters. The smallest absolute Gasteiger partial charge is 0.343 e. The summed E-state index contributed by atoms with van der Waals surface area (Å²) in [4.78, 5) is 41.7. The zero-order valence-corrected chi connectivity index (χ0v) is 16.9. The van der Waals surface area contributed by atoms with Crippen LogP contribution in [0, 0.1) is 6.92 Å². The van der Waals surface area contributed by atoms with Crippen molar-refractivity contribution in [3.63, 3.8) is 0 Å². The number of aromatic nitrogens is 2. The molecule has 0 fully saturated rings. The topological polar surface area (TPSA) is 90.3 Å². The van der Waals surface area contributed by atoms with Crippen molar-refractivity contribution < 1.29 is 14.3 Å². The Morgan fingerprint density at radius 1 is 1.07 bits per heavy atom. The summed E-state index contributed by atoms with van der Waals surface area (Å²) in [6.45, 7) is 2.70. The number of carbonyl (C=O) groups excluding carboxylic acids is 2. The number of rotatable bonds is 7. The van der Waals surface area contributed by atoms with Crippen LogP contribution in [0.25, 0.3) is 0 Å². The van der Waals surface area contributed by atoms with Crippen LogP contribution in [0.3, 0.4) is 0 Å². The number of pyridine rings is 2. The number of amides is 1. The van der Waals surface area contributed by atoms with Gasteiger partial charge in [0.25, 0.3) is 5.91 Å². The summed E-state index contributed by atoms with van der Waals surface area (Å²) in [7, 11) is 1.20. The van der Waals surface area contributed by atoms with Crippen LogP contribution in [0.4, 0.5) is 0 Å². The molecule has 2 heterocycles. The van der Waals surface area contributed by atoms with Gasteiger partial charge in [0.2, 0.25) is 5.43 Å². The van der Waals surface area contributed by atoms with Crippen LogP contribution >= 0.6 is 0 Å². The van der Waals surface area contributed by atoms with E-state index in [9.17, 15) is 14.4 Å². The average Bonchev–Trinajstić information content (AvgIpc) is 2.78. The van der Waals surface area contributed by atoms with Crippen LogP contribution < -0.4 is 10.7 Å². The molecule has 154 valence electrons. The van der Waals surface area contributed by atoms with Crippen molar-refractivity contribution in [2.45, 2.75) is 26.4 Å². The van der Waals surface area contributed by atoms with E-state index in [-0.39, 0.29) is 17.7 Å². The quantitative estimate of drug-likeness (QED) is 0.610. The summed E-state index contributed by atoms with van der Waals surface area (Å²) in [5.74, 6) is -1.32. The minimum atomic E-state index is -0.778. The number of nitrogens with one attached hydrogen (secondary N) is 1. The second-order valence-electron chi connectivity index (χ2n) is 6.88. The predicted molar refractivity (Wildman–Crippen MR) is 112 cm³/mol. The number of ether oxygens (including phenoxy) is 1. The normalized spacial score (nSPS) is 10.5. The molecule has 0 saturated carbocycles. The molecule has 1 N–H and O–H groups in total. The van der Waals surface area contributed by atoms with Gasteiger partial charge in [-0.1, -0.05) is 35.9 Å². The number of methoxy groups -OCH3 is 1. The number of benzene rings is 1. The van der Waals surface area contributed by atoms with Crippen LogP contribution in [-0.2, 0) is 24.2 Å². The Hall–Kier alpha value is -3.74. The van der Waals surface area contributed by atoms with E-state index in [1.54, 1.807) is 10.8 Å². The molecule has 7 heteroatoms. The minimum absolute atomic E-state index is 0.106. The predicted octanol–water partition coefficient (Wildman–Crippen LogP) is 2.51. The molecule has 7 nitrogen and oxygen atoms in total. The Labute approximate surface area is 174 Å². The van der Waals surface area contributed by atoms with Crippen molar-refractivity contribution in [3.05, 3.63) is 99.2 Å². The second-order valence-corrected chi connectivity index (χ2v) is 6.88. The van der Waals surface area contributed by atoms with Crippen molar-refractivity contribution in [2.75, 3.05) is 7.11 Å². The van der Waals surface area contributed by atoms with Crippen LogP contribution in [-0.4, -0.2) is 28.5 Å². The Balaban J connectivity index is 1.83. The van der Waals surface area contributed by atoms with Gasteiger partial charge in [0.1, 0.15) is 11.1 Å². The summed E-state index contributed by atoms with van der Waals surface area (Å²) in [6.07, 6.45) is 5.15. The van der Waals surface area contributed by atoms with Crippen molar-refractivity contribution in [1.29, 1.82) is 0 Å². The van der Waals surface area contributed by atoms with Gasteiger partial charge >= 0.3 is 5.97 Å². The summed E-state index contributed by atoms with van der Waals surface area (Å²) >= 11 is 0. The molecule has 0 radical (unpaired) electrons. The maximum Gasteiger partial charge on any atom is 0.343 e. The summed E-state index contributed by atoms with van der Waals surface area (Å²) in [5.41, 5.74) is 1.95. The molecular formula is C23H23N3O4. The van der Waals surface area contributed by atoms with Crippen molar-refractivity contribution >= 4 is 11.9 Å². The number of hydrogen-bond acceptors (Lipinski definition) is 5. The number of hydrogen-bond donors (Lipinski definition) is 1. The fourth-order valence-electron chi connectivity index (χ4n) is 2.95. The number of nitrogens with zero attached hydrogens (tertiary/aromatic N) is 2. The number of esters is 1. The lowest BCUT2D eigenvalue weighted by Gasteiger charge is -2.12. The fourth-order valence-corrected chi connectivity index (χ4v) is 2.95. The highest BCUT2D eigenvalue weighted by Crippen LogP contribution is 2.06. The lowest BCUT2D eigenvalue weighted by molar-refractivity contribution is 0.0598. The Kier molecular flexibility index (Phi) is 6.75. The van der Waals surface area contributed by atoms with E-state index < -0.39 is 17.3 Å². The first kappa shape index (κ1) is 21.0. The Morgan fingerprint density at radius 2 is 1.80 bits per heavy atom. The third-order valence-electron chi connectivity index (χ3n) is 4.65. The van der Waals surface area contributed by atoms with Crippen LogP contribution in [0.5, 0.6) is 0 Å². The van der Waals surface area contributed by atoms with Crippen molar-refractivity contribution in [1.82, 2.24) is 14.9 Å². The van der Waals surface area contributed by atoms with Crippen molar-refractivity contribution in [2.24, 2.45) is 0 Å². The molecule has 3 rings (SSSR count). The first-order valence-corrected chi connectivity index (χ1v) is 9.54.